The molecule has 1 aromatic heterocycles. The van der Waals surface area contributed by atoms with Crippen molar-refractivity contribution in [3.8, 4) is 11.5 Å². The molecule has 0 bridgehead atoms. The zero-order valence-electron chi connectivity index (χ0n) is 19.9. The lowest BCUT2D eigenvalue weighted by atomic mass is 10.0. The van der Waals surface area contributed by atoms with E-state index in [-0.39, 0.29) is 29.5 Å². The lowest BCUT2D eigenvalue weighted by Crippen LogP contribution is -2.33. The molecule has 2 amide bonds. The summed E-state index contributed by atoms with van der Waals surface area (Å²) in [5, 5.41) is 15.0. The molecule has 0 aliphatic rings. The fraction of sp³-hybridized carbons (Fsp3) is 0.333. The number of hydrogen-bond donors (Lipinski definition) is 2. The van der Waals surface area contributed by atoms with Crippen molar-refractivity contribution in [2.45, 2.75) is 25.0 Å². The smallest absolute Gasteiger partial charge is 0.251 e. The maximum absolute atomic E-state index is 12.8. The Bertz CT molecular complexity index is 1130. The number of rotatable bonds is 10. The van der Waals surface area contributed by atoms with E-state index in [1.165, 1.54) is 11.8 Å². The molecule has 0 aliphatic carbocycles. The second kappa shape index (κ2) is 11.6. The summed E-state index contributed by atoms with van der Waals surface area (Å²) >= 11 is 1.27. The molecule has 180 valence electrons. The van der Waals surface area contributed by atoms with Crippen LogP contribution in [-0.4, -0.2) is 46.6 Å². The SMILES string of the molecule is COc1ccc(C(=O)N[C@H](c2nnc(SCC(=O)Nc3ccccc3OC)n2C)C(C)C)cc1. The van der Waals surface area contributed by atoms with Gasteiger partial charge >= 0.3 is 0 Å². The third-order valence-electron chi connectivity index (χ3n) is 5.17. The normalized spacial score (nSPS) is 11.7. The third-order valence-corrected chi connectivity index (χ3v) is 6.19. The summed E-state index contributed by atoms with van der Waals surface area (Å²) in [5.41, 5.74) is 1.13. The fourth-order valence-corrected chi connectivity index (χ4v) is 4.00. The van der Waals surface area contributed by atoms with Gasteiger partial charge in [-0.2, -0.15) is 0 Å². The molecule has 0 saturated heterocycles. The van der Waals surface area contributed by atoms with Crippen molar-refractivity contribution < 1.29 is 19.1 Å². The number of carbonyl (C=O) groups is 2. The minimum Gasteiger partial charge on any atom is -0.497 e. The number of benzene rings is 2. The Morgan fingerprint density at radius 1 is 1.03 bits per heavy atom. The number of ether oxygens (including phenoxy) is 2. The molecule has 10 heteroatoms. The van der Waals surface area contributed by atoms with Gasteiger partial charge in [-0.15, -0.1) is 10.2 Å². The van der Waals surface area contributed by atoms with Crippen molar-refractivity contribution in [1.82, 2.24) is 20.1 Å². The Balaban J connectivity index is 1.66. The van der Waals surface area contributed by atoms with Crippen LogP contribution in [0.3, 0.4) is 0 Å². The van der Waals surface area contributed by atoms with E-state index in [1.807, 2.05) is 33.0 Å². The molecule has 0 aliphatic heterocycles. The molecular formula is C24H29N5O4S. The monoisotopic (exact) mass is 483 g/mol. The first-order valence-corrected chi connectivity index (χ1v) is 11.7. The number of para-hydroxylation sites is 2. The molecule has 0 saturated carbocycles. The third kappa shape index (κ3) is 6.07. The van der Waals surface area contributed by atoms with Crippen LogP contribution in [0.25, 0.3) is 0 Å². The molecule has 1 atom stereocenters. The van der Waals surface area contributed by atoms with Gasteiger partial charge in [0.05, 0.1) is 31.7 Å². The van der Waals surface area contributed by atoms with E-state index in [1.54, 1.807) is 55.2 Å². The zero-order chi connectivity index (χ0) is 24.7. The van der Waals surface area contributed by atoms with E-state index in [0.717, 1.165) is 0 Å². The van der Waals surface area contributed by atoms with Crippen molar-refractivity contribution in [3.63, 3.8) is 0 Å². The van der Waals surface area contributed by atoms with Crippen LogP contribution in [0.4, 0.5) is 5.69 Å². The number of anilines is 1. The van der Waals surface area contributed by atoms with Crippen LogP contribution in [0.15, 0.2) is 53.7 Å². The van der Waals surface area contributed by atoms with Gasteiger partial charge in [-0.1, -0.05) is 37.7 Å². The summed E-state index contributed by atoms with van der Waals surface area (Å²) in [7, 11) is 4.96. The highest BCUT2D eigenvalue weighted by Crippen LogP contribution is 2.26. The first-order chi connectivity index (χ1) is 16.3. The molecule has 9 nitrogen and oxygen atoms in total. The first-order valence-electron chi connectivity index (χ1n) is 10.7. The number of aromatic nitrogens is 3. The maximum atomic E-state index is 12.8. The number of nitrogens with zero attached hydrogens (tertiary/aromatic N) is 3. The second-order valence-electron chi connectivity index (χ2n) is 7.86. The van der Waals surface area contributed by atoms with Crippen molar-refractivity contribution in [2.24, 2.45) is 13.0 Å². The van der Waals surface area contributed by atoms with E-state index in [0.29, 0.717) is 33.7 Å². The lowest BCUT2D eigenvalue weighted by Gasteiger charge is -2.21. The molecule has 0 radical (unpaired) electrons. The lowest BCUT2D eigenvalue weighted by molar-refractivity contribution is -0.113. The predicted molar refractivity (Wildman–Crippen MR) is 131 cm³/mol. The number of hydrogen-bond acceptors (Lipinski definition) is 7. The quantitative estimate of drug-likeness (QED) is 0.424. The van der Waals surface area contributed by atoms with Crippen LogP contribution in [0, 0.1) is 5.92 Å². The van der Waals surface area contributed by atoms with Crippen LogP contribution in [0.1, 0.15) is 36.1 Å². The molecule has 2 N–H and O–H groups in total. The van der Waals surface area contributed by atoms with Gasteiger partial charge in [0.15, 0.2) is 11.0 Å². The highest BCUT2D eigenvalue weighted by Gasteiger charge is 2.25. The van der Waals surface area contributed by atoms with Crippen LogP contribution in [0.2, 0.25) is 0 Å². The number of nitrogens with one attached hydrogen (secondary N) is 2. The maximum Gasteiger partial charge on any atom is 0.251 e. The minimum absolute atomic E-state index is 0.0665. The zero-order valence-corrected chi connectivity index (χ0v) is 20.7. The number of amides is 2. The Kier molecular flexibility index (Phi) is 8.53. The van der Waals surface area contributed by atoms with Gasteiger partial charge in [0.2, 0.25) is 5.91 Å². The average Bonchev–Trinajstić information content (AvgIpc) is 3.21. The number of carbonyl (C=O) groups excluding carboxylic acids is 2. The number of thioether (sulfide) groups is 1. The molecular weight excluding hydrogens is 454 g/mol. The van der Waals surface area contributed by atoms with E-state index < -0.39 is 0 Å². The molecule has 0 spiro atoms. The topological polar surface area (TPSA) is 107 Å². The van der Waals surface area contributed by atoms with Gasteiger partial charge in [-0.05, 0) is 42.3 Å². The van der Waals surface area contributed by atoms with E-state index in [4.69, 9.17) is 9.47 Å². The second-order valence-corrected chi connectivity index (χ2v) is 8.80. The largest absolute Gasteiger partial charge is 0.497 e. The Hall–Kier alpha value is -3.53. The summed E-state index contributed by atoms with van der Waals surface area (Å²) in [6, 6.07) is 13.8. The Labute approximate surface area is 203 Å². The molecule has 1 heterocycles. The Morgan fingerprint density at radius 3 is 2.38 bits per heavy atom. The predicted octanol–water partition coefficient (Wildman–Crippen LogP) is 3.69. The fourth-order valence-electron chi connectivity index (χ4n) is 3.28. The van der Waals surface area contributed by atoms with E-state index >= 15 is 0 Å². The van der Waals surface area contributed by atoms with Crippen LogP contribution < -0.4 is 20.1 Å². The van der Waals surface area contributed by atoms with Gasteiger partial charge in [0, 0.05) is 12.6 Å². The molecule has 3 aromatic rings. The van der Waals surface area contributed by atoms with Crippen molar-refractivity contribution in [3.05, 3.63) is 59.9 Å². The van der Waals surface area contributed by atoms with Crippen LogP contribution in [-0.2, 0) is 11.8 Å². The van der Waals surface area contributed by atoms with Crippen LogP contribution in [0.5, 0.6) is 11.5 Å². The summed E-state index contributed by atoms with van der Waals surface area (Å²) in [6.45, 7) is 4.00. The average molecular weight is 484 g/mol. The highest BCUT2D eigenvalue weighted by atomic mass is 32.2. The molecule has 3 rings (SSSR count). The van der Waals surface area contributed by atoms with Crippen LogP contribution >= 0.6 is 11.8 Å². The van der Waals surface area contributed by atoms with Crippen molar-refractivity contribution >= 4 is 29.3 Å². The standard InChI is InChI=1S/C24H29N5O4S/c1-15(2)21(26-23(31)16-10-12-17(32-4)13-11-16)22-27-28-24(29(22)3)34-14-20(30)25-18-8-6-7-9-19(18)33-5/h6-13,15,21H,14H2,1-5H3,(H,25,30)(H,26,31)/t21-/m0/s1. The van der Waals surface area contributed by atoms with Gasteiger partial charge in [0.1, 0.15) is 11.5 Å². The first kappa shape index (κ1) is 25.1. The van der Waals surface area contributed by atoms with Gasteiger partial charge in [0.25, 0.3) is 5.91 Å². The highest BCUT2D eigenvalue weighted by molar-refractivity contribution is 7.99. The van der Waals surface area contributed by atoms with Gasteiger partial charge in [-0.25, -0.2) is 0 Å². The summed E-state index contributed by atoms with van der Waals surface area (Å²) in [5.74, 6) is 1.70. The Morgan fingerprint density at radius 2 is 1.74 bits per heavy atom. The summed E-state index contributed by atoms with van der Waals surface area (Å²) in [6.07, 6.45) is 0. The molecule has 0 unspecified atom stereocenters. The van der Waals surface area contributed by atoms with Crippen molar-refractivity contribution in [1.29, 1.82) is 0 Å². The minimum atomic E-state index is -0.358. The molecule has 2 aromatic carbocycles. The summed E-state index contributed by atoms with van der Waals surface area (Å²) < 4.78 is 12.2. The molecule has 34 heavy (non-hydrogen) atoms. The van der Waals surface area contributed by atoms with E-state index in [9.17, 15) is 9.59 Å². The van der Waals surface area contributed by atoms with Gasteiger partial charge in [-0.3, -0.25) is 9.59 Å². The van der Waals surface area contributed by atoms with E-state index in [2.05, 4.69) is 20.8 Å². The number of methoxy groups -OCH3 is 2. The van der Waals surface area contributed by atoms with Gasteiger partial charge < -0.3 is 24.7 Å². The molecule has 0 fully saturated rings. The summed E-state index contributed by atoms with van der Waals surface area (Å²) in [4.78, 5) is 25.3. The van der Waals surface area contributed by atoms with Crippen molar-refractivity contribution in [2.75, 3.05) is 25.3 Å².